The van der Waals surface area contributed by atoms with Gasteiger partial charge in [-0.05, 0) is 11.8 Å². The van der Waals surface area contributed by atoms with Crippen molar-refractivity contribution in [1.29, 1.82) is 0 Å². The average molecular weight is 217 g/mol. The minimum Gasteiger partial charge on any atom is -0.480 e. The Labute approximate surface area is 74.1 Å². The molecular weight excluding hydrogens is 209 g/mol. The highest BCUT2D eigenvalue weighted by atomic mass is 32.5. The summed E-state index contributed by atoms with van der Waals surface area (Å²) in [6, 6.07) is -1.11. The molecule has 0 bridgehead atoms. The first-order chi connectivity index (χ1) is 4.87. The maximum atomic E-state index is 10.2. The molecule has 0 saturated heterocycles. The summed E-state index contributed by atoms with van der Waals surface area (Å²) < 4.78 is 0. The van der Waals surface area contributed by atoms with Gasteiger partial charge in [-0.2, -0.15) is 12.6 Å². The van der Waals surface area contributed by atoms with Gasteiger partial charge in [0, 0.05) is 5.75 Å². The Hall–Kier alpha value is 0.350. The Morgan fingerprint density at radius 2 is 2.18 bits per heavy atom. The molecule has 0 aromatic carbocycles. The van der Waals surface area contributed by atoms with Crippen LogP contribution in [-0.2, 0) is 16.6 Å². The van der Waals surface area contributed by atoms with Crippen molar-refractivity contribution in [3.8, 4) is 0 Å². The first kappa shape index (κ1) is 11.4. The monoisotopic (exact) mass is 217 g/mol. The molecule has 0 aliphatic rings. The normalized spacial score (nSPS) is 14.5. The highest BCUT2D eigenvalue weighted by molar-refractivity contribution is 8.08. The summed E-state index contributed by atoms with van der Waals surface area (Å²) in [6.45, 7) is -3.64. The Morgan fingerprint density at radius 1 is 1.73 bits per heavy atom. The molecule has 4 N–H and O–H groups in total. The molecule has 0 unspecified atom stereocenters. The van der Waals surface area contributed by atoms with Crippen molar-refractivity contribution in [2.45, 2.75) is 6.04 Å². The molecule has 0 aromatic heterocycles. The second-order valence-corrected chi connectivity index (χ2v) is 4.99. The highest BCUT2D eigenvalue weighted by Gasteiger charge is 2.20. The number of rotatable bonds is 4. The Kier molecular flexibility index (Phi) is 4.53. The molecule has 1 atom stereocenters. The van der Waals surface area contributed by atoms with Gasteiger partial charge < -0.3 is 14.9 Å². The van der Waals surface area contributed by atoms with E-state index in [1.807, 2.05) is 5.09 Å². The molecule has 0 fully saturated rings. The molecule has 5 nitrogen and oxygen atoms in total. The van der Waals surface area contributed by atoms with E-state index >= 15 is 0 Å². The fraction of sp³-hybridized carbons (Fsp3) is 0.667. The number of nitrogens with one attached hydrogen (secondary N) is 1. The number of carboxylic acid groups (broad SMARTS) is 1. The zero-order valence-electron chi connectivity index (χ0n) is 5.34. The third-order valence-corrected chi connectivity index (χ3v) is 2.13. The van der Waals surface area contributed by atoms with E-state index in [1.165, 1.54) is 0 Å². The van der Waals surface area contributed by atoms with Crippen molar-refractivity contribution in [3.05, 3.63) is 0 Å². The highest BCUT2D eigenvalue weighted by Crippen LogP contribution is 2.29. The Morgan fingerprint density at radius 3 is 2.27 bits per heavy atom. The molecule has 0 aliphatic heterocycles. The van der Waals surface area contributed by atoms with Crippen LogP contribution in [0.2, 0.25) is 0 Å². The van der Waals surface area contributed by atoms with Crippen LogP contribution >= 0.6 is 19.3 Å². The van der Waals surface area contributed by atoms with Crippen LogP contribution in [0.25, 0.3) is 0 Å². The number of hydrogen-bond donors (Lipinski definition) is 5. The summed E-state index contributed by atoms with van der Waals surface area (Å²) in [6.07, 6.45) is 0. The third-order valence-electron chi connectivity index (χ3n) is 0.805. The van der Waals surface area contributed by atoms with E-state index in [0.29, 0.717) is 0 Å². The number of thiol groups is 1. The maximum Gasteiger partial charge on any atom is 0.321 e. The predicted molar refractivity (Wildman–Crippen MR) is 47.1 cm³/mol. The van der Waals surface area contributed by atoms with Gasteiger partial charge in [-0.25, -0.2) is 5.09 Å². The summed E-state index contributed by atoms with van der Waals surface area (Å²) in [5, 5.41) is 10.3. The average Bonchev–Trinajstić information content (AvgIpc) is 1.80. The summed E-state index contributed by atoms with van der Waals surface area (Å²) in [5.41, 5.74) is 0. The first-order valence-corrected chi connectivity index (χ1v) is 5.88. The van der Waals surface area contributed by atoms with Crippen molar-refractivity contribution in [3.63, 3.8) is 0 Å². The van der Waals surface area contributed by atoms with Crippen molar-refractivity contribution < 1.29 is 19.7 Å². The lowest BCUT2D eigenvalue weighted by Gasteiger charge is -2.14. The van der Waals surface area contributed by atoms with Crippen LogP contribution in [0.1, 0.15) is 0 Å². The topological polar surface area (TPSA) is 89.8 Å². The van der Waals surface area contributed by atoms with E-state index in [1.54, 1.807) is 0 Å². The lowest BCUT2D eigenvalue weighted by molar-refractivity contribution is -0.138. The molecule has 0 radical (unpaired) electrons. The van der Waals surface area contributed by atoms with Crippen LogP contribution < -0.4 is 5.09 Å². The minimum absolute atomic E-state index is 0.0468. The summed E-state index contributed by atoms with van der Waals surface area (Å²) >= 11 is 7.83. The molecule has 0 spiro atoms. The number of carbonyl (C=O) groups is 1. The van der Waals surface area contributed by atoms with Gasteiger partial charge in [0.1, 0.15) is 6.04 Å². The molecule has 66 valence electrons. The second kappa shape index (κ2) is 4.39. The molecular formula is C3H8NO4PS2. The van der Waals surface area contributed by atoms with Gasteiger partial charge in [0.15, 0.2) is 0 Å². The zero-order valence-corrected chi connectivity index (χ0v) is 7.94. The van der Waals surface area contributed by atoms with Crippen LogP contribution in [0.3, 0.4) is 0 Å². The maximum absolute atomic E-state index is 10.2. The lowest BCUT2D eigenvalue weighted by atomic mass is 10.4. The van der Waals surface area contributed by atoms with E-state index in [9.17, 15) is 4.79 Å². The standard InChI is InChI=1S/C3H8NO4PS2/c5-3(6)2(1-10)4-9(7,8)11/h2,10H,1H2,(H,5,6)(H3,4,7,8,11)/t2-/m0/s1. The van der Waals surface area contributed by atoms with Gasteiger partial charge in [0.05, 0.1) is 0 Å². The van der Waals surface area contributed by atoms with Crippen molar-refractivity contribution in [2.75, 3.05) is 5.75 Å². The van der Waals surface area contributed by atoms with Crippen LogP contribution in [0.5, 0.6) is 0 Å². The van der Waals surface area contributed by atoms with Crippen molar-refractivity contribution in [1.82, 2.24) is 5.09 Å². The number of carboxylic acids is 1. The van der Waals surface area contributed by atoms with Crippen LogP contribution in [0.15, 0.2) is 0 Å². The van der Waals surface area contributed by atoms with Crippen molar-refractivity contribution in [2.24, 2.45) is 0 Å². The zero-order chi connectivity index (χ0) is 9.07. The SMILES string of the molecule is O=C(O)[C@H](CS)NP(O)(O)=S. The van der Waals surface area contributed by atoms with Gasteiger partial charge in [0.2, 0.25) is 0 Å². The van der Waals surface area contributed by atoms with Gasteiger partial charge >= 0.3 is 5.97 Å². The van der Waals surface area contributed by atoms with E-state index < -0.39 is 18.7 Å². The molecule has 0 heterocycles. The first-order valence-electron chi connectivity index (χ1n) is 2.54. The number of aliphatic carboxylic acids is 1. The van der Waals surface area contributed by atoms with Crippen LogP contribution in [-0.4, -0.2) is 32.7 Å². The molecule has 0 aromatic rings. The van der Waals surface area contributed by atoms with Gasteiger partial charge in [-0.15, -0.1) is 0 Å². The van der Waals surface area contributed by atoms with Crippen LogP contribution in [0, 0.1) is 0 Å². The van der Waals surface area contributed by atoms with Gasteiger partial charge in [-0.1, -0.05) is 0 Å². The largest absolute Gasteiger partial charge is 0.480 e. The van der Waals surface area contributed by atoms with E-state index in [-0.39, 0.29) is 5.75 Å². The second-order valence-electron chi connectivity index (χ2n) is 1.75. The minimum atomic E-state index is -3.64. The Balaban J connectivity index is 4.10. The fourth-order valence-corrected chi connectivity index (χ4v) is 1.76. The predicted octanol–water partition coefficient (Wildman–Crippen LogP) is -0.832. The Bertz CT molecular complexity index is 192. The molecule has 0 aliphatic carbocycles. The quantitative estimate of drug-likeness (QED) is 0.312. The smallest absolute Gasteiger partial charge is 0.321 e. The van der Waals surface area contributed by atoms with E-state index in [4.69, 9.17) is 14.9 Å². The molecule has 0 saturated carbocycles. The fourth-order valence-electron chi connectivity index (χ4n) is 0.377. The van der Waals surface area contributed by atoms with Gasteiger partial charge in [-0.3, -0.25) is 4.79 Å². The summed E-state index contributed by atoms with van der Waals surface area (Å²) in [5.74, 6) is -1.26. The molecule has 0 amide bonds. The summed E-state index contributed by atoms with van der Waals surface area (Å²) in [4.78, 5) is 27.5. The molecule has 0 rings (SSSR count). The third kappa shape index (κ3) is 5.60. The molecule has 8 heteroatoms. The number of hydrogen-bond acceptors (Lipinski definition) is 3. The lowest BCUT2D eigenvalue weighted by Crippen LogP contribution is -2.35. The van der Waals surface area contributed by atoms with E-state index in [0.717, 1.165) is 0 Å². The van der Waals surface area contributed by atoms with Crippen LogP contribution in [0.4, 0.5) is 0 Å². The van der Waals surface area contributed by atoms with E-state index in [2.05, 4.69) is 24.4 Å². The van der Waals surface area contributed by atoms with Crippen molar-refractivity contribution >= 4 is 37.0 Å². The summed E-state index contributed by atoms with van der Waals surface area (Å²) in [7, 11) is 0. The molecule has 11 heavy (non-hydrogen) atoms. The van der Waals surface area contributed by atoms with Gasteiger partial charge in [0.25, 0.3) is 6.64 Å².